The van der Waals surface area contributed by atoms with Crippen molar-refractivity contribution in [1.29, 1.82) is 0 Å². The van der Waals surface area contributed by atoms with Crippen LogP contribution < -0.4 is 5.73 Å². The molecule has 166 valence electrons. The van der Waals surface area contributed by atoms with Gasteiger partial charge in [0.2, 0.25) is 12.3 Å². The second-order valence-electron chi connectivity index (χ2n) is 9.48. The Morgan fingerprint density at radius 2 is 1.86 bits per heavy atom. The second kappa shape index (κ2) is 8.00. The molecule has 1 saturated carbocycles. The lowest BCUT2D eigenvalue weighted by atomic mass is 9.64. The number of carbonyl (C=O) groups excluding carboxylic acids is 1. The van der Waals surface area contributed by atoms with E-state index in [1.54, 1.807) is 4.90 Å². The Morgan fingerprint density at radius 3 is 2.48 bits per heavy atom. The summed E-state index contributed by atoms with van der Waals surface area (Å²) in [5.41, 5.74) is 5.67. The van der Waals surface area contributed by atoms with E-state index < -0.39 is 30.7 Å². The molecular formula is C20H34F2N4O3. The molecule has 3 saturated heterocycles. The normalized spacial score (nSPS) is 37.8. The van der Waals surface area contributed by atoms with Crippen LogP contribution in [0.5, 0.6) is 0 Å². The number of hydrogen-bond acceptors (Lipinski definition) is 6. The largest absolute Gasteiger partial charge is 0.368 e. The highest BCUT2D eigenvalue weighted by Gasteiger charge is 2.53. The molecule has 1 spiro atoms. The van der Waals surface area contributed by atoms with Gasteiger partial charge >= 0.3 is 0 Å². The number of alkyl halides is 2. The standard InChI is InChI=1S/C20H34F2N4O3/c1-2-29-18(28)25-8-5-19(12-25)9-15(10-19)24-6-3-14(4-7-24)26-13-20(21,22)11-16(26)17(23)27/h14-16,18,28H,2-13H2,1H3,(H2,23,27)/t15?,16-,18?,19?/m1/s1. The van der Waals surface area contributed by atoms with Crippen molar-refractivity contribution in [2.24, 2.45) is 11.1 Å². The van der Waals surface area contributed by atoms with Gasteiger partial charge in [-0.2, -0.15) is 0 Å². The van der Waals surface area contributed by atoms with Crippen LogP contribution in [0.3, 0.4) is 0 Å². The summed E-state index contributed by atoms with van der Waals surface area (Å²) >= 11 is 0. The molecule has 4 fully saturated rings. The van der Waals surface area contributed by atoms with Crippen molar-refractivity contribution in [3.05, 3.63) is 0 Å². The van der Waals surface area contributed by atoms with E-state index in [2.05, 4.69) is 4.90 Å². The van der Waals surface area contributed by atoms with Gasteiger partial charge < -0.3 is 20.5 Å². The zero-order valence-corrected chi connectivity index (χ0v) is 17.2. The van der Waals surface area contributed by atoms with Gasteiger partial charge in [0.05, 0.1) is 12.6 Å². The van der Waals surface area contributed by atoms with Crippen molar-refractivity contribution in [3.63, 3.8) is 0 Å². The van der Waals surface area contributed by atoms with Crippen LogP contribution in [0, 0.1) is 5.41 Å². The third-order valence-electron chi connectivity index (χ3n) is 7.55. The average molecular weight is 417 g/mol. The topological polar surface area (TPSA) is 82.3 Å². The highest BCUT2D eigenvalue weighted by atomic mass is 19.3. The van der Waals surface area contributed by atoms with Crippen LogP contribution in [0.1, 0.15) is 45.4 Å². The maximum Gasteiger partial charge on any atom is 0.262 e. The second-order valence-corrected chi connectivity index (χ2v) is 9.48. The Morgan fingerprint density at radius 1 is 1.17 bits per heavy atom. The van der Waals surface area contributed by atoms with E-state index >= 15 is 0 Å². The van der Waals surface area contributed by atoms with Crippen molar-refractivity contribution < 1.29 is 23.4 Å². The van der Waals surface area contributed by atoms with Crippen molar-refractivity contribution in [2.75, 3.05) is 39.3 Å². The smallest absolute Gasteiger partial charge is 0.262 e. The predicted molar refractivity (Wildman–Crippen MR) is 103 cm³/mol. The number of nitrogens with zero attached hydrogens (tertiary/aromatic N) is 3. The first kappa shape index (κ1) is 21.4. The minimum Gasteiger partial charge on any atom is -0.368 e. The summed E-state index contributed by atoms with van der Waals surface area (Å²) in [5.74, 6) is -3.46. The summed E-state index contributed by atoms with van der Waals surface area (Å²) < 4.78 is 33.0. The molecule has 7 nitrogen and oxygen atoms in total. The lowest BCUT2D eigenvalue weighted by Gasteiger charge is -2.52. The van der Waals surface area contributed by atoms with Gasteiger partial charge in [0.25, 0.3) is 5.92 Å². The summed E-state index contributed by atoms with van der Waals surface area (Å²) in [6.45, 7) is 5.54. The first-order valence-corrected chi connectivity index (χ1v) is 10.9. The summed E-state index contributed by atoms with van der Waals surface area (Å²) in [6.07, 6.45) is 3.70. The van der Waals surface area contributed by atoms with Crippen molar-refractivity contribution >= 4 is 5.91 Å². The van der Waals surface area contributed by atoms with Crippen LogP contribution in [0.15, 0.2) is 0 Å². The zero-order valence-electron chi connectivity index (χ0n) is 17.2. The van der Waals surface area contributed by atoms with Crippen LogP contribution >= 0.6 is 0 Å². The minimum absolute atomic E-state index is 0.00877. The van der Waals surface area contributed by atoms with Gasteiger partial charge in [0.15, 0.2) is 0 Å². The van der Waals surface area contributed by atoms with E-state index in [1.165, 1.54) is 0 Å². The molecule has 29 heavy (non-hydrogen) atoms. The van der Waals surface area contributed by atoms with Crippen molar-refractivity contribution in [2.45, 2.75) is 75.9 Å². The maximum atomic E-state index is 13.8. The van der Waals surface area contributed by atoms with Gasteiger partial charge in [-0.3, -0.25) is 14.6 Å². The van der Waals surface area contributed by atoms with E-state index in [0.717, 1.165) is 58.3 Å². The Hall–Kier alpha value is -0.870. The first-order chi connectivity index (χ1) is 13.7. The number of nitrogens with two attached hydrogens (primary N) is 1. The third-order valence-corrected chi connectivity index (χ3v) is 7.55. The molecule has 3 heterocycles. The molecule has 9 heteroatoms. The number of halogens is 2. The third kappa shape index (κ3) is 4.30. The van der Waals surface area contributed by atoms with Crippen LogP contribution in [-0.2, 0) is 9.53 Å². The lowest BCUT2D eigenvalue weighted by molar-refractivity contribution is -0.188. The van der Waals surface area contributed by atoms with E-state index in [1.807, 2.05) is 11.8 Å². The number of piperidine rings is 1. The average Bonchev–Trinajstić information content (AvgIpc) is 3.22. The van der Waals surface area contributed by atoms with E-state index in [9.17, 15) is 18.7 Å². The molecule has 3 aliphatic heterocycles. The fourth-order valence-corrected chi connectivity index (χ4v) is 6.02. The van der Waals surface area contributed by atoms with Crippen molar-refractivity contribution in [1.82, 2.24) is 14.7 Å². The van der Waals surface area contributed by atoms with Crippen LogP contribution in [0.25, 0.3) is 0 Å². The molecule has 0 aromatic rings. The SMILES string of the molecule is CCOC(O)N1CCC2(CC(N3CCC(N4CC(F)(F)C[C@@H]4C(N)=O)CC3)C2)C1. The van der Waals surface area contributed by atoms with Gasteiger partial charge in [0.1, 0.15) is 0 Å². The number of likely N-dealkylation sites (tertiary alicyclic amines) is 3. The summed E-state index contributed by atoms with van der Waals surface area (Å²) in [5, 5.41) is 10.0. The number of hydrogen-bond donors (Lipinski definition) is 2. The molecule has 0 aromatic heterocycles. The molecule has 4 aliphatic rings. The first-order valence-electron chi connectivity index (χ1n) is 10.9. The molecule has 4 rings (SSSR count). The zero-order chi connectivity index (χ0) is 20.8. The number of ether oxygens (including phenoxy) is 1. The molecule has 1 amide bonds. The maximum absolute atomic E-state index is 13.8. The molecule has 1 unspecified atom stereocenters. The fraction of sp³-hybridized carbons (Fsp3) is 0.950. The number of carbonyl (C=O) groups is 1. The molecule has 2 atom stereocenters. The van der Waals surface area contributed by atoms with Crippen LogP contribution in [0.2, 0.25) is 0 Å². The van der Waals surface area contributed by atoms with Gasteiger partial charge in [-0.25, -0.2) is 8.78 Å². The Balaban J connectivity index is 1.25. The molecule has 0 bridgehead atoms. The van der Waals surface area contributed by atoms with Crippen molar-refractivity contribution in [3.8, 4) is 0 Å². The highest BCUT2D eigenvalue weighted by Crippen LogP contribution is 2.51. The Bertz CT molecular complexity index is 609. The number of aliphatic hydroxyl groups excluding tert-OH is 1. The number of primary amides is 1. The van der Waals surface area contributed by atoms with Crippen LogP contribution in [-0.4, -0.2) is 95.5 Å². The highest BCUT2D eigenvalue weighted by molar-refractivity contribution is 5.80. The summed E-state index contributed by atoms with van der Waals surface area (Å²) in [7, 11) is 0. The molecular weight excluding hydrogens is 382 g/mol. The number of rotatable bonds is 6. The fourth-order valence-electron chi connectivity index (χ4n) is 6.02. The number of amides is 1. The quantitative estimate of drug-likeness (QED) is 0.624. The van der Waals surface area contributed by atoms with E-state index in [4.69, 9.17) is 10.5 Å². The Kier molecular flexibility index (Phi) is 5.89. The molecule has 0 radical (unpaired) electrons. The molecule has 0 aromatic carbocycles. The van der Waals surface area contributed by atoms with Crippen LogP contribution in [0.4, 0.5) is 8.78 Å². The van der Waals surface area contributed by atoms with E-state index in [0.29, 0.717) is 12.6 Å². The summed E-state index contributed by atoms with van der Waals surface area (Å²) in [4.78, 5) is 17.8. The monoisotopic (exact) mass is 416 g/mol. The van der Waals surface area contributed by atoms with Gasteiger partial charge in [-0.1, -0.05) is 0 Å². The molecule has 3 N–H and O–H groups in total. The van der Waals surface area contributed by atoms with Gasteiger partial charge in [0, 0.05) is 38.2 Å². The van der Waals surface area contributed by atoms with Gasteiger partial charge in [-0.05, 0) is 57.5 Å². The Labute approximate surface area is 171 Å². The summed E-state index contributed by atoms with van der Waals surface area (Å²) in [6, 6.07) is -0.295. The molecule has 1 aliphatic carbocycles. The van der Waals surface area contributed by atoms with Gasteiger partial charge in [-0.15, -0.1) is 0 Å². The predicted octanol–water partition coefficient (Wildman–Crippen LogP) is 0.813. The lowest BCUT2D eigenvalue weighted by Crippen LogP contribution is -2.57. The minimum atomic E-state index is -2.82. The van der Waals surface area contributed by atoms with E-state index in [-0.39, 0.29) is 18.0 Å². The number of aliphatic hydroxyl groups is 1.